The van der Waals surface area contributed by atoms with Crippen molar-refractivity contribution in [3.05, 3.63) is 81.1 Å². The number of fused-ring (bicyclic) bond motifs is 2. The van der Waals surface area contributed by atoms with Crippen LogP contribution < -0.4 is 10.6 Å². The van der Waals surface area contributed by atoms with E-state index in [9.17, 15) is 4.39 Å². The monoisotopic (exact) mass is 551 g/mol. The average molecular weight is 553 g/mol. The molecule has 1 fully saturated rings. The molecule has 4 heterocycles. The van der Waals surface area contributed by atoms with Crippen LogP contribution in [0, 0.1) is 5.82 Å². The number of rotatable bonds is 6. The Kier molecular flexibility index (Phi) is 10.1. The van der Waals surface area contributed by atoms with Crippen LogP contribution >= 0.6 is 47.9 Å². The van der Waals surface area contributed by atoms with Crippen LogP contribution in [0.15, 0.2) is 52.9 Å². The van der Waals surface area contributed by atoms with Gasteiger partial charge in [-0.05, 0) is 61.5 Å². The Labute approximate surface area is 228 Å². The second-order valence-corrected chi connectivity index (χ2v) is 11.2. The lowest BCUT2D eigenvalue weighted by molar-refractivity contribution is 0.127. The number of aromatic nitrogens is 1. The van der Waals surface area contributed by atoms with E-state index in [4.69, 9.17) is 4.98 Å². The first kappa shape index (κ1) is 28.0. The number of halogens is 3. The van der Waals surface area contributed by atoms with E-state index in [2.05, 4.69) is 41.3 Å². The third-order valence-corrected chi connectivity index (χ3v) is 8.94. The summed E-state index contributed by atoms with van der Waals surface area (Å²) < 4.78 is 15.0. The molecule has 188 valence electrons. The normalized spacial score (nSPS) is 17.4. The number of nitrogens with zero attached hydrogens (tertiary/aromatic N) is 3. The van der Waals surface area contributed by atoms with Crippen LogP contribution in [0.2, 0.25) is 0 Å². The molecule has 3 nitrogen and oxygen atoms in total. The number of aryl methyl sites for hydroxylation is 2. The van der Waals surface area contributed by atoms with Gasteiger partial charge in [-0.3, -0.25) is 9.88 Å². The molecule has 0 saturated carbocycles. The molecule has 0 amide bonds. The number of likely N-dealkylation sites (N-methyl/N-ethyl adjacent to an activating group) is 1. The summed E-state index contributed by atoms with van der Waals surface area (Å²) in [5.74, 6) is -0.149. The zero-order chi connectivity index (χ0) is 22.8. The number of thiophene rings is 1. The fraction of sp³-hybridized carbons (Fsp3) is 0.370. The standard InChI is InChI=1S/C27H30FN3S2.2ClH/c1-3-6-23-16-24-26(25-20(8-5-12-29-25)18-32-27(24)33-23)31-14-13-30(2)22(17-31)11-10-19-7-4-9-21(28)15-19;;/h4-5,7-9,12,15-16,18,22H,3,6,10-11,13-14,17H2,1-2H3;2*1H. The number of benzene rings is 1. The van der Waals surface area contributed by atoms with Gasteiger partial charge in [-0.15, -0.1) is 36.2 Å². The molecule has 0 N–H and O–H groups in total. The Hall–Kier alpha value is -1.57. The summed E-state index contributed by atoms with van der Waals surface area (Å²) in [6.07, 6.45) is 6.10. The summed E-state index contributed by atoms with van der Waals surface area (Å²) in [5, 5.41) is 4.56. The van der Waals surface area contributed by atoms with E-state index in [1.165, 1.54) is 31.6 Å². The number of hydrogen-bond acceptors (Lipinski definition) is 5. The van der Waals surface area contributed by atoms with Crippen LogP contribution in [0.4, 0.5) is 4.39 Å². The predicted molar refractivity (Wildman–Crippen MR) is 152 cm³/mol. The number of pyridine rings is 1. The van der Waals surface area contributed by atoms with Gasteiger partial charge in [0.1, 0.15) is 5.82 Å². The molecule has 2 aliphatic heterocycles. The van der Waals surface area contributed by atoms with Gasteiger partial charge in [-0.1, -0.05) is 43.3 Å². The van der Waals surface area contributed by atoms with Gasteiger partial charge in [0.05, 0.1) is 15.3 Å². The minimum absolute atomic E-state index is 0. The smallest absolute Gasteiger partial charge is 0.123 e. The van der Waals surface area contributed by atoms with E-state index in [1.807, 2.05) is 47.5 Å². The van der Waals surface area contributed by atoms with Crippen LogP contribution in [0.5, 0.6) is 0 Å². The highest BCUT2D eigenvalue weighted by molar-refractivity contribution is 8.08. The molecular weight excluding hydrogens is 520 g/mol. The predicted octanol–water partition coefficient (Wildman–Crippen LogP) is 5.33. The van der Waals surface area contributed by atoms with E-state index < -0.39 is 0 Å². The van der Waals surface area contributed by atoms with Gasteiger partial charge < -0.3 is 4.90 Å². The fourth-order valence-electron chi connectivity index (χ4n) is 4.81. The van der Waals surface area contributed by atoms with E-state index in [-0.39, 0.29) is 30.6 Å². The van der Waals surface area contributed by atoms with Crippen molar-refractivity contribution >= 4 is 59.0 Å². The van der Waals surface area contributed by atoms with Crippen LogP contribution in [-0.2, 0) is 12.8 Å². The highest BCUT2D eigenvalue weighted by Gasteiger charge is 2.29. The van der Waals surface area contributed by atoms with Crippen LogP contribution in [-0.4, -0.2) is 47.5 Å². The van der Waals surface area contributed by atoms with Gasteiger partial charge in [0.25, 0.3) is 0 Å². The summed E-state index contributed by atoms with van der Waals surface area (Å²) in [4.78, 5) is 11.3. The summed E-state index contributed by atoms with van der Waals surface area (Å²) in [6.45, 7) is 5.20. The second kappa shape index (κ2) is 12.6. The van der Waals surface area contributed by atoms with Crippen molar-refractivity contribution < 1.29 is 4.39 Å². The Morgan fingerprint density at radius 3 is 2.74 bits per heavy atom. The molecule has 3 aromatic rings. The highest BCUT2D eigenvalue weighted by Crippen LogP contribution is 2.39. The van der Waals surface area contributed by atoms with Crippen molar-refractivity contribution in [3.63, 3.8) is 0 Å². The Balaban J connectivity index is 0.00000171. The molecular formula is C27H32Cl2FN3S2. The molecule has 0 radical (unpaired) electrons. The Bertz CT molecular complexity index is 1260. The van der Waals surface area contributed by atoms with Gasteiger partial charge >= 0.3 is 0 Å². The molecule has 0 aliphatic carbocycles. The number of hydrogen-bond donors (Lipinski definition) is 0. The van der Waals surface area contributed by atoms with Crippen molar-refractivity contribution in [1.29, 1.82) is 0 Å². The van der Waals surface area contributed by atoms with Crippen molar-refractivity contribution in [3.8, 4) is 0 Å². The topological polar surface area (TPSA) is 19.4 Å². The summed E-state index contributed by atoms with van der Waals surface area (Å²) in [7, 11) is 2.22. The van der Waals surface area contributed by atoms with E-state index in [0.717, 1.165) is 56.2 Å². The minimum atomic E-state index is -0.149. The molecule has 1 saturated heterocycles. The first-order valence-electron chi connectivity index (χ1n) is 11.8. The molecule has 1 atom stereocenters. The van der Waals surface area contributed by atoms with Gasteiger partial charge in [0.15, 0.2) is 0 Å². The van der Waals surface area contributed by atoms with Crippen LogP contribution in [0.3, 0.4) is 0 Å². The molecule has 0 spiro atoms. The van der Waals surface area contributed by atoms with Crippen LogP contribution in [0.25, 0.3) is 11.1 Å². The van der Waals surface area contributed by atoms with Gasteiger partial charge in [0, 0.05) is 47.5 Å². The minimum Gasteiger partial charge on any atom is -0.366 e. The van der Waals surface area contributed by atoms with Crippen molar-refractivity contribution in [2.45, 2.75) is 42.9 Å². The largest absolute Gasteiger partial charge is 0.366 e. The maximum atomic E-state index is 13.7. The quantitative estimate of drug-likeness (QED) is 0.412. The first-order valence-corrected chi connectivity index (χ1v) is 13.5. The fourth-order valence-corrected chi connectivity index (χ4v) is 7.16. The van der Waals surface area contributed by atoms with Crippen molar-refractivity contribution in [2.75, 3.05) is 26.7 Å². The van der Waals surface area contributed by atoms with Gasteiger partial charge in [-0.2, -0.15) is 0 Å². The molecule has 2 aromatic heterocycles. The molecule has 0 bridgehead atoms. The number of thioether (sulfide) groups is 1. The van der Waals surface area contributed by atoms with E-state index in [0.29, 0.717) is 6.04 Å². The van der Waals surface area contributed by atoms with Gasteiger partial charge in [-0.25, -0.2) is 4.39 Å². The lowest BCUT2D eigenvalue weighted by Gasteiger charge is -2.41. The maximum Gasteiger partial charge on any atom is 0.123 e. The molecule has 8 heteroatoms. The average Bonchev–Trinajstić information content (AvgIpc) is 3.14. The lowest BCUT2D eigenvalue weighted by atomic mass is 10.0. The van der Waals surface area contributed by atoms with E-state index >= 15 is 0 Å². The Morgan fingerprint density at radius 2 is 1.94 bits per heavy atom. The maximum absolute atomic E-state index is 13.7. The summed E-state index contributed by atoms with van der Waals surface area (Å²) in [6, 6.07) is 14.1. The molecule has 2 aliphatic rings. The third-order valence-electron chi connectivity index (χ3n) is 6.61. The third kappa shape index (κ3) is 6.23. The zero-order valence-electron chi connectivity index (χ0n) is 20.1. The number of piperazine rings is 1. The zero-order valence-corrected chi connectivity index (χ0v) is 23.3. The molecule has 1 aromatic carbocycles. The Morgan fingerprint density at radius 1 is 1.09 bits per heavy atom. The molecule has 35 heavy (non-hydrogen) atoms. The van der Waals surface area contributed by atoms with Gasteiger partial charge in [0.2, 0.25) is 0 Å². The first-order chi connectivity index (χ1) is 16.1. The highest BCUT2D eigenvalue weighted by atomic mass is 35.5. The van der Waals surface area contributed by atoms with E-state index in [1.54, 1.807) is 6.07 Å². The molecule has 1 unspecified atom stereocenters. The summed E-state index contributed by atoms with van der Waals surface area (Å²) in [5.41, 5.74) is 3.70. The summed E-state index contributed by atoms with van der Waals surface area (Å²) >= 11 is 3.77. The molecule has 5 rings (SSSR count). The SMILES string of the molecule is CCCc1cc2c(s1)SC=c1cccnc1=C2N1CCN(C)C(CCc2cccc(F)c2)C1.Cl.Cl. The lowest BCUT2D eigenvalue weighted by Crippen LogP contribution is -2.52. The van der Waals surface area contributed by atoms with Crippen LogP contribution in [0.1, 0.15) is 35.8 Å². The van der Waals surface area contributed by atoms with Crippen molar-refractivity contribution in [1.82, 2.24) is 14.8 Å². The van der Waals surface area contributed by atoms with Crippen molar-refractivity contribution in [2.24, 2.45) is 0 Å². The second-order valence-electron chi connectivity index (χ2n) is 8.94.